The fourth-order valence-electron chi connectivity index (χ4n) is 2.06. The standard InChI is InChI=1S/C15H13ClN2OS2/c1-10-7-21-15-17-12(6-14(19)18(10)15)9-20-8-11-4-2-3-5-13(11)16/h2-7H,8-9H2,1H3. The lowest BCUT2D eigenvalue weighted by atomic mass is 10.2. The van der Waals surface area contributed by atoms with Gasteiger partial charge in [-0.1, -0.05) is 29.8 Å². The van der Waals surface area contributed by atoms with E-state index in [-0.39, 0.29) is 5.56 Å². The number of thioether (sulfide) groups is 1. The van der Waals surface area contributed by atoms with Gasteiger partial charge in [0.15, 0.2) is 4.96 Å². The predicted octanol–water partition coefficient (Wildman–Crippen LogP) is 4.15. The van der Waals surface area contributed by atoms with E-state index in [1.54, 1.807) is 22.2 Å². The monoisotopic (exact) mass is 336 g/mol. The molecule has 0 aliphatic carbocycles. The second-order valence-electron chi connectivity index (χ2n) is 4.66. The van der Waals surface area contributed by atoms with E-state index in [9.17, 15) is 4.79 Å². The molecule has 0 N–H and O–H groups in total. The first kappa shape index (κ1) is 14.6. The van der Waals surface area contributed by atoms with Crippen LogP contribution in [-0.2, 0) is 11.5 Å². The molecule has 0 fully saturated rings. The number of fused-ring (bicyclic) bond motifs is 1. The molecule has 0 aliphatic heterocycles. The molecule has 0 saturated heterocycles. The zero-order valence-electron chi connectivity index (χ0n) is 11.4. The molecular weight excluding hydrogens is 324 g/mol. The fraction of sp³-hybridized carbons (Fsp3) is 0.200. The molecule has 0 unspecified atom stereocenters. The van der Waals surface area contributed by atoms with Crippen LogP contribution in [-0.4, -0.2) is 9.38 Å². The highest BCUT2D eigenvalue weighted by molar-refractivity contribution is 7.97. The molecule has 2 aromatic heterocycles. The van der Waals surface area contributed by atoms with Crippen LogP contribution in [0.25, 0.3) is 4.96 Å². The molecule has 1 aromatic carbocycles. The first-order valence-corrected chi connectivity index (χ1v) is 8.84. The summed E-state index contributed by atoms with van der Waals surface area (Å²) in [5, 5.41) is 2.73. The van der Waals surface area contributed by atoms with E-state index in [0.717, 1.165) is 32.7 Å². The molecule has 6 heteroatoms. The van der Waals surface area contributed by atoms with Gasteiger partial charge in [-0.05, 0) is 18.6 Å². The van der Waals surface area contributed by atoms with Gasteiger partial charge in [-0.15, -0.1) is 11.3 Å². The van der Waals surface area contributed by atoms with Crippen molar-refractivity contribution >= 4 is 39.7 Å². The van der Waals surface area contributed by atoms with E-state index in [2.05, 4.69) is 4.98 Å². The van der Waals surface area contributed by atoms with E-state index >= 15 is 0 Å². The SMILES string of the molecule is Cc1csc2nc(CSCc3ccccc3Cl)cc(=O)n12. The maximum atomic E-state index is 12.1. The Bertz CT molecular complexity index is 841. The number of rotatable bonds is 4. The number of halogens is 1. The van der Waals surface area contributed by atoms with Crippen LogP contribution in [0.1, 0.15) is 17.0 Å². The third-order valence-corrected chi connectivity index (χ3v) is 5.42. The van der Waals surface area contributed by atoms with E-state index < -0.39 is 0 Å². The molecule has 0 aliphatic rings. The normalized spacial score (nSPS) is 11.1. The first-order valence-electron chi connectivity index (χ1n) is 6.43. The number of aromatic nitrogens is 2. The van der Waals surface area contributed by atoms with Crippen molar-refractivity contribution in [2.75, 3.05) is 0 Å². The number of thiazole rings is 1. The van der Waals surface area contributed by atoms with Crippen molar-refractivity contribution in [3.63, 3.8) is 0 Å². The highest BCUT2D eigenvalue weighted by Gasteiger charge is 2.07. The summed E-state index contributed by atoms with van der Waals surface area (Å²) in [5.74, 6) is 1.51. The lowest BCUT2D eigenvalue weighted by molar-refractivity contribution is 0.997. The van der Waals surface area contributed by atoms with Crippen molar-refractivity contribution < 1.29 is 0 Å². The van der Waals surface area contributed by atoms with Gasteiger partial charge in [0, 0.05) is 33.7 Å². The smallest absolute Gasteiger partial charge is 0.258 e. The molecule has 108 valence electrons. The summed E-state index contributed by atoms with van der Waals surface area (Å²) in [7, 11) is 0. The quantitative estimate of drug-likeness (QED) is 0.717. The van der Waals surface area contributed by atoms with Gasteiger partial charge < -0.3 is 0 Å². The maximum absolute atomic E-state index is 12.1. The predicted molar refractivity (Wildman–Crippen MR) is 90.5 cm³/mol. The van der Waals surface area contributed by atoms with Crippen LogP contribution in [0, 0.1) is 6.92 Å². The number of aryl methyl sites for hydroxylation is 1. The highest BCUT2D eigenvalue weighted by Crippen LogP contribution is 2.23. The summed E-state index contributed by atoms with van der Waals surface area (Å²) < 4.78 is 1.65. The molecule has 21 heavy (non-hydrogen) atoms. The van der Waals surface area contributed by atoms with Gasteiger partial charge in [-0.3, -0.25) is 9.20 Å². The summed E-state index contributed by atoms with van der Waals surface area (Å²) in [6.45, 7) is 1.92. The summed E-state index contributed by atoms with van der Waals surface area (Å²) >= 11 is 9.33. The Morgan fingerprint density at radius 1 is 1.33 bits per heavy atom. The summed E-state index contributed by atoms with van der Waals surface area (Å²) in [6.07, 6.45) is 0. The van der Waals surface area contributed by atoms with Crippen molar-refractivity contribution in [1.29, 1.82) is 0 Å². The van der Waals surface area contributed by atoms with E-state index in [0.29, 0.717) is 5.75 Å². The summed E-state index contributed by atoms with van der Waals surface area (Å²) in [5.41, 5.74) is 2.85. The largest absolute Gasteiger partial charge is 0.269 e. The zero-order valence-corrected chi connectivity index (χ0v) is 13.8. The van der Waals surface area contributed by atoms with Gasteiger partial charge in [0.1, 0.15) is 0 Å². The molecule has 0 amide bonds. The van der Waals surface area contributed by atoms with Crippen LogP contribution >= 0.6 is 34.7 Å². The minimum absolute atomic E-state index is 0.00732. The molecule has 2 heterocycles. The van der Waals surface area contributed by atoms with Gasteiger partial charge in [0.05, 0.1) is 5.69 Å². The van der Waals surface area contributed by atoms with Crippen molar-refractivity contribution in [1.82, 2.24) is 9.38 Å². The molecule has 0 bridgehead atoms. The zero-order chi connectivity index (χ0) is 14.8. The van der Waals surface area contributed by atoms with Gasteiger partial charge in [-0.25, -0.2) is 4.98 Å². The number of hydrogen-bond acceptors (Lipinski definition) is 4. The fourth-order valence-corrected chi connectivity index (χ4v) is 4.16. The Hall–Kier alpha value is -1.30. The van der Waals surface area contributed by atoms with Gasteiger partial charge in [0.25, 0.3) is 5.56 Å². The van der Waals surface area contributed by atoms with Crippen LogP contribution < -0.4 is 5.56 Å². The summed E-state index contributed by atoms with van der Waals surface area (Å²) in [6, 6.07) is 9.43. The molecule has 0 saturated carbocycles. The molecule has 0 spiro atoms. The van der Waals surface area contributed by atoms with E-state index in [4.69, 9.17) is 11.6 Å². The Morgan fingerprint density at radius 2 is 2.14 bits per heavy atom. The Kier molecular flexibility index (Phi) is 4.33. The van der Waals surface area contributed by atoms with Crippen molar-refractivity contribution in [2.24, 2.45) is 0 Å². The molecule has 3 rings (SSSR count). The van der Waals surface area contributed by atoms with E-state index in [1.807, 2.05) is 36.6 Å². The maximum Gasteiger partial charge on any atom is 0.258 e. The van der Waals surface area contributed by atoms with Crippen LogP contribution in [0.2, 0.25) is 5.02 Å². The van der Waals surface area contributed by atoms with Gasteiger partial charge >= 0.3 is 0 Å². The van der Waals surface area contributed by atoms with Crippen LogP contribution in [0.15, 0.2) is 40.5 Å². The van der Waals surface area contributed by atoms with Crippen LogP contribution in [0.4, 0.5) is 0 Å². The second kappa shape index (κ2) is 6.22. The minimum Gasteiger partial charge on any atom is -0.269 e. The van der Waals surface area contributed by atoms with Crippen LogP contribution in [0.5, 0.6) is 0 Å². The Balaban J connectivity index is 1.74. The third kappa shape index (κ3) is 3.15. The first-order chi connectivity index (χ1) is 10.1. The second-order valence-corrected chi connectivity index (χ2v) is 6.89. The molecule has 3 aromatic rings. The Labute approximate surface area is 135 Å². The van der Waals surface area contributed by atoms with Gasteiger partial charge in [-0.2, -0.15) is 11.8 Å². The highest BCUT2D eigenvalue weighted by atomic mass is 35.5. The number of nitrogens with zero attached hydrogens (tertiary/aromatic N) is 2. The lowest BCUT2D eigenvalue weighted by Crippen LogP contribution is -2.14. The Morgan fingerprint density at radius 3 is 2.95 bits per heavy atom. The van der Waals surface area contributed by atoms with E-state index in [1.165, 1.54) is 11.3 Å². The van der Waals surface area contributed by atoms with Crippen molar-refractivity contribution in [3.8, 4) is 0 Å². The third-order valence-electron chi connectivity index (χ3n) is 3.09. The number of benzene rings is 1. The van der Waals surface area contributed by atoms with Crippen LogP contribution in [0.3, 0.4) is 0 Å². The molecule has 3 nitrogen and oxygen atoms in total. The van der Waals surface area contributed by atoms with Crippen molar-refractivity contribution in [2.45, 2.75) is 18.4 Å². The minimum atomic E-state index is -0.00732. The van der Waals surface area contributed by atoms with Crippen molar-refractivity contribution in [3.05, 3.63) is 68.0 Å². The topological polar surface area (TPSA) is 34.4 Å². The van der Waals surface area contributed by atoms with Gasteiger partial charge in [0.2, 0.25) is 0 Å². The molecule has 0 radical (unpaired) electrons. The average Bonchev–Trinajstić information content (AvgIpc) is 2.83. The molecular formula is C15H13ClN2OS2. The summed E-state index contributed by atoms with van der Waals surface area (Å²) in [4.78, 5) is 17.4. The number of hydrogen-bond donors (Lipinski definition) is 0. The molecule has 0 atom stereocenters. The average molecular weight is 337 g/mol. The lowest BCUT2D eigenvalue weighted by Gasteiger charge is -2.04.